The molecule has 1 unspecified atom stereocenters. The van der Waals surface area contributed by atoms with Gasteiger partial charge in [0.25, 0.3) is 0 Å². The number of rotatable bonds is 7. The van der Waals surface area contributed by atoms with Gasteiger partial charge in [-0.2, -0.15) is 0 Å². The summed E-state index contributed by atoms with van der Waals surface area (Å²) in [5, 5.41) is 12.4. The van der Waals surface area contributed by atoms with Crippen LogP contribution < -0.4 is 0 Å². The van der Waals surface area contributed by atoms with Crippen molar-refractivity contribution in [3.8, 4) is 0 Å². The van der Waals surface area contributed by atoms with Crippen LogP contribution in [0.25, 0.3) is 10.8 Å². The van der Waals surface area contributed by atoms with Crippen molar-refractivity contribution in [1.82, 2.24) is 0 Å². The lowest BCUT2D eigenvalue weighted by Crippen LogP contribution is -2.17. The molecule has 0 aliphatic rings. The standard InChI is InChI=1S/C32H26O2/c33-32(34)30(29-21-11-18-23-12-7-9-19-27(23)29)22-26-17-8-10-20-28(26)31(24-13-3-1-4-14-24)25-15-5-2-6-16-25/h1-21,30-31H,22H2,(H,33,34). The van der Waals surface area contributed by atoms with Crippen LogP contribution in [0.5, 0.6) is 0 Å². The molecule has 0 amide bonds. The van der Waals surface area contributed by atoms with Crippen LogP contribution in [0.1, 0.15) is 39.7 Å². The van der Waals surface area contributed by atoms with Gasteiger partial charge in [-0.15, -0.1) is 0 Å². The van der Waals surface area contributed by atoms with Crippen LogP contribution in [0.2, 0.25) is 0 Å². The number of carboxylic acids is 1. The van der Waals surface area contributed by atoms with Crippen LogP contribution in [0.15, 0.2) is 127 Å². The van der Waals surface area contributed by atoms with Gasteiger partial charge in [0.05, 0.1) is 5.92 Å². The number of hydrogen-bond donors (Lipinski definition) is 1. The minimum Gasteiger partial charge on any atom is -0.481 e. The summed E-state index contributed by atoms with van der Waals surface area (Å²) < 4.78 is 0. The van der Waals surface area contributed by atoms with Gasteiger partial charge in [-0.25, -0.2) is 0 Å². The summed E-state index contributed by atoms with van der Waals surface area (Å²) in [4.78, 5) is 12.6. The van der Waals surface area contributed by atoms with Gasteiger partial charge < -0.3 is 5.11 Å². The molecular weight excluding hydrogens is 416 g/mol. The summed E-state index contributed by atoms with van der Waals surface area (Å²) in [6.07, 6.45) is 0.426. The second-order valence-corrected chi connectivity index (χ2v) is 8.62. The minimum atomic E-state index is -0.804. The van der Waals surface area contributed by atoms with E-state index in [1.54, 1.807) is 0 Å². The predicted octanol–water partition coefficient (Wildman–Crippen LogP) is 7.43. The molecule has 34 heavy (non-hydrogen) atoms. The topological polar surface area (TPSA) is 37.3 Å². The Morgan fingerprint density at radius 3 is 1.79 bits per heavy atom. The van der Waals surface area contributed by atoms with E-state index in [1.165, 1.54) is 11.1 Å². The van der Waals surface area contributed by atoms with Crippen molar-refractivity contribution >= 4 is 16.7 Å². The van der Waals surface area contributed by atoms with Crippen LogP contribution in [0, 0.1) is 0 Å². The molecule has 2 heteroatoms. The summed E-state index contributed by atoms with van der Waals surface area (Å²) in [5.74, 6) is -1.41. The molecule has 0 aliphatic carbocycles. The summed E-state index contributed by atoms with van der Waals surface area (Å²) >= 11 is 0. The lowest BCUT2D eigenvalue weighted by molar-refractivity contribution is -0.138. The zero-order valence-corrected chi connectivity index (χ0v) is 18.8. The number of fused-ring (bicyclic) bond motifs is 1. The largest absolute Gasteiger partial charge is 0.481 e. The third-order valence-electron chi connectivity index (χ3n) is 6.55. The molecule has 2 nitrogen and oxygen atoms in total. The monoisotopic (exact) mass is 442 g/mol. The fraction of sp³-hybridized carbons (Fsp3) is 0.0938. The maximum Gasteiger partial charge on any atom is 0.311 e. The number of hydrogen-bond acceptors (Lipinski definition) is 1. The second-order valence-electron chi connectivity index (χ2n) is 8.62. The lowest BCUT2D eigenvalue weighted by atomic mass is 9.80. The highest BCUT2D eigenvalue weighted by molar-refractivity contribution is 5.91. The van der Waals surface area contributed by atoms with E-state index in [4.69, 9.17) is 0 Å². The van der Waals surface area contributed by atoms with Crippen molar-refractivity contribution in [1.29, 1.82) is 0 Å². The van der Waals surface area contributed by atoms with Crippen molar-refractivity contribution in [2.24, 2.45) is 0 Å². The van der Waals surface area contributed by atoms with Crippen LogP contribution in [0.4, 0.5) is 0 Å². The van der Waals surface area contributed by atoms with E-state index in [1.807, 2.05) is 66.7 Å². The summed E-state index contributed by atoms with van der Waals surface area (Å²) in [7, 11) is 0. The van der Waals surface area contributed by atoms with Gasteiger partial charge in [-0.1, -0.05) is 127 Å². The molecule has 166 valence electrons. The predicted molar refractivity (Wildman–Crippen MR) is 138 cm³/mol. The number of carbonyl (C=O) groups is 1. The fourth-order valence-corrected chi connectivity index (χ4v) is 4.95. The smallest absolute Gasteiger partial charge is 0.311 e. The molecular formula is C32H26O2. The van der Waals surface area contributed by atoms with E-state index in [0.29, 0.717) is 6.42 Å². The van der Waals surface area contributed by atoms with Crippen LogP contribution in [-0.2, 0) is 11.2 Å². The first-order valence-electron chi connectivity index (χ1n) is 11.6. The number of aliphatic carboxylic acids is 1. The van der Waals surface area contributed by atoms with E-state index in [9.17, 15) is 9.90 Å². The van der Waals surface area contributed by atoms with Gasteiger partial charge in [0.15, 0.2) is 0 Å². The molecule has 0 aromatic heterocycles. The molecule has 0 saturated heterocycles. The Morgan fingerprint density at radius 2 is 1.12 bits per heavy atom. The molecule has 0 radical (unpaired) electrons. The van der Waals surface area contributed by atoms with Crippen molar-refractivity contribution in [2.45, 2.75) is 18.3 Å². The van der Waals surface area contributed by atoms with Crippen LogP contribution in [0.3, 0.4) is 0 Å². The van der Waals surface area contributed by atoms with Gasteiger partial charge >= 0.3 is 5.97 Å². The lowest BCUT2D eigenvalue weighted by Gasteiger charge is -2.24. The van der Waals surface area contributed by atoms with E-state index in [-0.39, 0.29) is 5.92 Å². The average molecular weight is 443 g/mol. The maximum atomic E-state index is 12.6. The summed E-state index contributed by atoms with van der Waals surface area (Å²) in [6, 6.07) is 43.1. The molecule has 0 heterocycles. The molecule has 0 saturated carbocycles. The Balaban J connectivity index is 1.62. The molecule has 0 fully saturated rings. The summed E-state index contributed by atoms with van der Waals surface area (Å²) in [6.45, 7) is 0. The Hall–Kier alpha value is -4.17. The Labute approximate surface area is 200 Å². The second kappa shape index (κ2) is 9.76. The van der Waals surface area contributed by atoms with E-state index < -0.39 is 11.9 Å². The molecule has 0 aliphatic heterocycles. The van der Waals surface area contributed by atoms with Crippen LogP contribution in [-0.4, -0.2) is 11.1 Å². The zero-order chi connectivity index (χ0) is 23.3. The first-order chi connectivity index (χ1) is 16.7. The van der Waals surface area contributed by atoms with Gasteiger partial charge in [0.2, 0.25) is 0 Å². The first-order valence-corrected chi connectivity index (χ1v) is 11.6. The van der Waals surface area contributed by atoms with E-state index >= 15 is 0 Å². The van der Waals surface area contributed by atoms with Crippen LogP contribution >= 0.6 is 0 Å². The Kier molecular flexibility index (Phi) is 6.22. The average Bonchev–Trinajstić information content (AvgIpc) is 2.89. The highest BCUT2D eigenvalue weighted by Gasteiger charge is 2.26. The van der Waals surface area contributed by atoms with Gasteiger partial charge in [0.1, 0.15) is 0 Å². The van der Waals surface area contributed by atoms with Gasteiger partial charge in [-0.3, -0.25) is 4.79 Å². The quantitative estimate of drug-likeness (QED) is 0.266. The summed E-state index contributed by atoms with van der Waals surface area (Å²) in [5.41, 5.74) is 5.44. The van der Waals surface area contributed by atoms with Gasteiger partial charge in [-0.05, 0) is 45.0 Å². The minimum absolute atomic E-state index is 0.0283. The first kappa shape index (κ1) is 21.7. The highest BCUT2D eigenvalue weighted by atomic mass is 16.4. The fourth-order valence-electron chi connectivity index (χ4n) is 4.95. The third kappa shape index (κ3) is 4.35. The molecule has 1 N–H and O–H groups in total. The third-order valence-corrected chi connectivity index (χ3v) is 6.55. The highest BCUT2D eigenvalue weighted by Crippen LogP contribution is 2.36. The SMILES string of the molecule is O=C(O)C(Cc1ccccc1C(c1ccccc1)c1ccccc1)c1cccc2ccccc12. The molecule has 5 aromatic rings. The van der Waals surface area contributed by atoms with E-state index in [2.05, 4.69) is 60.7 Å². The Morgan fingerprint density at radius 1 is 0.588 bits per heavy atom. The van der Waals surface area contributed by atoms with Crippen molar-refractivity contribution in [3.63, 3.8) is 0 Å². The van der Waals surface area contributed by atoms with E-state index in [0.717, 1.165) is 27.5 Å². The maximum absolute atomic E-state index is 12.6. The number of carboxylic acid groups (broad SMARTS) is 1. The molecule has 1 atom stereocenters. The zero-order valence-electron chi connectivity index (χ0n) is 18.8. The molecule has 0 bridgehead atoms. The number of benzene rings is 5. The van der Waals surface area contributed by atoms with Crippen molar-refractivity contribution < 1.29 is 9.90 Å². The Bertz CT molecular complexity index is 1360. The normalized spacial score (nSPS) is 12.0. The molecule has 5 rings (SSSR count). The van der Waals surface area contributed by atoms with Crippen molar-refractivity contribution in [2.75, 3.05) is 0 Å². The van der Waals surface area contributed by atoms with Gasteiger partial charge in [0, 0.05) is 5.92 Å². The van der Waals surface area contributed by atoms with Crippen molar-refractivity contribution in [3.05, 3.63) is 155 Å². The molecule has 0 spiro atoms. The molecule has 5 aromatic carbocycles.